The zero-order valence-corrected chi connectivity index (χ0v) is 13.2. The number of anilines is 1. The second-order valence-electron chi connectivity index (χ2n) is 6.84. The summed E-state index contributed by atoms with van der Waals surface area (Å²) in [5.74, 6) is -0.561. The van der Waals surface area contributed by atoms with Crippen molar-refractivity contribution in [1.29, 1.82) is 0 Å². The number of aromatic nitrogens is 2. The van der Waals surface area contributed by atoms with Crippen LogP contribution < -0.4 is 10.4 Å². The molecule has 118 valence electrons. The second-order valence-corrected chi connectivity index (χ2v) is 6.84. The number of carboxylic acid groups (broad SMARTS) is 1. The smallest absolute Gasteiger partial charge is 0.481 e. The fourth-order valence-corrected chi connectivity index (χ4v) is 2.39. The van der Waals surface area contributed by atoms with Crippen molar-refractivity contribution in [3.05, 3.63) is 12.4 Å². The van der Waals surface area contributed by atoms with Gasteiger partial charge in [-0.05, 0) is 27.7 Å². The van der Waals surface area contributed by atoms with E-state index in [-0.39, 0.29) is 5.92 Å². The highest BCUT2D eigenvalue weighted by atomic mass is 16.7. The minimum absolute atomic E-state index is 0.327. The third kappa shape index (κ3) is 2.46. The van der Waals surface area contributed by atoms with E-state index in [1.165, 1.54) is 0 Å². The van der Waals surface area contributed by atoms with Gasteiger partial charge in [-0.2, -0.15) is 0 Å². The van der Waals surface area contributed by atoms with Gasteiger partial charge in [0.2, 0.25) is 5.95 Å². The number of hydrogen-bond donors (Lipinski definition) is 1. The molecule has 2 aliphatic rings. The molecule has 1 aromatic heterocycles. The highest BCUT2D eigenvalue weighted by Crippen LogP contribution is 2.36. The van der Waals surface area contributed by atoms with E-state index < -0.39 is 24.3 Å². The first-order chi connectivity index (χ1) is 10.2. The largest absolute Gasteiger partial charge is 0.498 e. The number of carboxylic acids is 1. The minimum Gasteiger partial charge on any atom is -0.481 e. The fraction of sp³-hybridized carbons (Fsp3) is 0.643. The normalized spacial score (nSPS) is 23.5. The van der Waals surface area contributed by atoms with E-state index in [0.717, 1.165) is 5.46 Å². The Hall–Kier alpha value is -1.67. The molecule has 0 bridgehead atoms. The fourth-order valence-electron chi connectivity index (χ4n) is 2.39. The van der Waals surface area contributed by atoms with Crippen LogP contribution in [-0.4, -0.2) is 52.5 Å². The first-order valence-corrected chi connectivity index (χ1v) is 7.35. The maximum Gasteiger partial charge on any atom is 0.498 e. The molecule has 3 rings (SSSR count). The van der Waals surface area contributed by atoms with Crippen LogP contribution in [0.15, 0.2) is 12.4 Å². The second kappa shape index (κ2) is 4.92. The van der Waals surface area contributed by atoms with Crippen LogP contribution >= 0.6 is 0 Å². The molecule has 7 nitrogen and oxygen atoms in total. The molecule has 0 unspecified atom stereocenters. The maximum absolute atomic E-state index is 10.8. The molecule has 0 radical (unpaired) electrons. The molecule has 0 aliphatic carbocycles. The van der Waals surface area contributed by atoms with Crippen LogP contribution in [0.25, 0.3) is 0 Å². The molecule has 2 aliphatic heterocycles. The number of aliphatic carboxylic acids is 1. The third-order valence-electron chi connectivity index (χ3n) is 4.70. The van der Waals surface area contributed by atoms with Crippen molar-refractivity contribution in [2.24, 2.45) is 5.92 Å². The quantitative estimate of drug-likeness (QED) is 0.804. The van der Waals surface area contributed by atoms with Crippen LogP contribution in [0.2, 0.25) is 0 Å². The van der Waals surface area contributed by atoms with Gasteiger partial charge in [-0.25, -0.2) is 9.97 Å². The van der Waals surface area contributed by atoms with Crippen molar-refractivity contribution in [3.8, 4) is 0 Å². The monoisotopic (exact) mass is 305 g/mol. The zero-order chi connectivity index (χ0) is 16.1. The zero-order valence-electron chi connectivity index (χ0n) is 13.2. The summed E-state index contributed by atoms with van der Waals surface area (Å²) in [6, 6.07) is 0. The van der Waals surface area contributed by atoms with E-state index in [4.69, 9.17) is 14.4 Å². The van der Waals surface area contributed by atoms with Crippen molar-refractivity contribution in [3.63, 3.8) is 0 Å². The molecule has 2 fully saturated rings. The minimum atomic E-state index is -0.773. The summed E-state index contributed by atoms with van der Waals surface area (Å²) in [4.78, 5) is 21.2. The summed E-state index contributed by atoms with van der Waals surface area (Å²) >= 11 is 0. The molecular formula is C14H20BN3O4. The van der Waals surface area contributed by atoms with E-state index in [0.29, 0.717) is 19.0 Å². The molecule has 3 heterocycles. The Morgan fingerprint density at radius 3 is 2.18 bits per heavy atom. The molecule has 22 heavy (non-hydrogen) atoms. The van der Waals surface area contributed by atoms with E-state index in [1.807, 2.05) is 32.6 Å². The van der Waals surface area contributed by atoms with Crippen molar-refractivity contribution in [2.75, 3.05) is 18.0 Å². The summed E-state index contributed by atoms with van der Waals surface area (Å²) in [5.41, 5.74) is -0.0388. The van der Waals surface area contributed by atoms with Gasteiger partial charge in [-0.15, -0.1) is 0 Å². The van der Waals surface area contributed by atoms with Gasteiger partial charge in [-0.3, -0.25) is 4.79 Å². The third-order valence-corrected chi connectivity index (χ3v) is 4.70. The van der Waals surface area contributed by atoms with Gasteiger partial charge in [0.15, 0.2) is 0 Å². The van der Waals surface area contributed by atoms with Crippen molar-refractivity contribution in [2.45, 2.75) is 38.9 Å². The summed E-state index contributed by atoms with van der Waals surface area (Å²) in [6.45, 7) is 8.88. The van der Waals surface area contributed by atoms with E-state index in [1.54, 1.807) is 12.4 Å². The van der Waals surface area contributed by atoms with E-state index in [2.05, 4.69) is 9.97 Å². The van der Waals surface area contributed by atoms with Crippen LogP contribution in [-0.2, 0) is 14.1 Å². The number of rotatable bonds is 3. The molecule has 0 atom stereocenters. The standard InChI is InChI=1S/C14H20BN3O4/c1-13(2)14(3,4)22-15(21-13)10-5-16-12(17-6-10)18-7-9(8-18)11(19)20/h5-6,9H,7-8H2,1-4H3,(H,19,20). The first-order valence-electron chi connectivity index (χ1n) is 7.35. The van der Waals surface area contributed by atoms with Gasteiger partial charge in [0.05, 0.1) is 17.1 Å². The highest BCUT2D eigenvalue weighted by Gasteiger charge is 2.52. The molecular weight excluding hydrogens is 285 g/mol. The highest BCUT2D eigenvalue weighted by molar-refractivity contribution is 6.61. The van der Waals surface area contributed by atoms with E-state index >= 15 is 0 Å². The Kier molecular flexibility index (Phi) is 3.41. The Balaban J connectivity index is 1.67. The lowest BCUT2D eigenvalue weighted by atomic mass is 9.81. The van der Waals surface area contributed by atoms with Crippen LogP contribution in [0.5, 0.6) is 0 Å². The lowest BCUT2D eigenvalue weighted by Crippen LogP contribution is -2.51. The maximum atomic E-state index is 10.8. The molecule has 8 heteroatoms. The van der Waals surface area contributed by atoms with Gasteiger partial charge < -0.3 is 19.3 Å². The predicted octanol–water partition coefficient (Wildman–Crippen LogP) is 0.297. The van der Waals surface area contributed by atoms with Crippen LogP contribution in [0, 0.1) is 5.92 Å². The molecule has 1 N–H and O–H groups in total. The number of nitrogens with zero attached hydrogens (tertiary/aromatic N) is 3. The molecule has 0 amide bonds. The summed E-state index contributed by atoms with van der Waals surface area (Å²) in [7, 11) is -0.484. The predicted molar refractivity (Wildman–Crippen MR) is 81.1 cm³/mol. The van der Waals surface area contributed by atoms with E-state index in [9.17, 15) is 4.79 Å². The molecule has 1 aromatic rings. The summed E-state index contributed by atoms with van der Waals surface area (Å²) in [6.07, 6.45) is 3.36. The van der Waals surface area contributed by atoms with Crippen LogP contribution in [0.4, 0.5) is 5.95 Å². The molecule has 0 spiro atoms. The Morgan fingerprint density at radius 2 is 1.73 bits per heavy atom. The van der Waals surface area contributed by atoms with Crippen LogP contribution in [0.1, 0.15) is 27.7 Å². The number of carbonyl (C=O) groups is 1. The van der Waals surface area contributed by atoms with Crippen molar-refractivity contribution in [1.82, 2.24) is 9.97 Å². The van der Waals surface area contributed by atoms with Gasteiger partial charge >= 0.3 is 13.1 Å². The Bertz CT molecular complexity index is 568. The Labute approximate surface area is 129 Å². The average molecular weight is 305 g/mol. The first kappa shape index (κ1) is 15.2. The lowest BCUT2D eigenvalue weighted by molar-refractivity contribution is -0.142. The van der Waals surface area contributed by atoms with Gasteiger partial charge in [0.1, 0.15) is 0 Å². The van der Waals surface area contributed by atoms with Crippen LogP contribution in [0.3, 0.4) is 0 Å². The van der Waals surface area contributed by atoms with Crippen molar-refractivity contribution < 1.29 is 19.2 Å². The topological polar surface area (TPSA) is 84.8 Å². The van der Waals surface area contributed by atoms with Gasteiger partial charge in [0.25, 0.3) is 0 Å². The summed E-state index contributed by atoms with van der Waals surface area (Å²) < 4.78 is 11.9. The van der Waals surface area contributed by atoms with Crippen molar-refractivity contribution >= 4 is 24.5 Å². The lowest BCUT2D eigenvalue weighted by Gasteiger charge is -2.36. The van der Waals surface area contributed by atoms with Gasteiger partial charge in [-0.1, -0.05) is 0 Å². The number of hydrogen-bond acceptors (Lipinski definition) is 6. The molecule has 2 saturated heterocycles. The Morgan fingerprint density at radius 1 is 1.23 bits per heavy atom. The molecule has 0 aromatic carbocycles. The average Bonchev–Trinajstić information content (AvgIpc) is 2.57. The van der Waals surface area contributed by atoms with Gasteiger partial charge in [0, 0.05) is 30.9 Å². The SMILES string of the molecule is CC1(C)OB(c2cnc(N3CC(C(=O)O)C3)nc2)OC1(C)C. The summed E-state index contributed by atoms with van der Waals surface area (Å²) in [5, 5.41) is 8.88. The molecule has 0 saturated carbocycles.